The molecule has 72 valence electrons. The van der Waals surface area contributed by atoms with Crippen molar-refractivity contribution >= 4 is 23.4 Å². The highest BCUT2D eigenvalue weighted by atomic mass is 32.1. The van der Waals surface area contributed by atoms with E-state index in [0.717, 1.165) is 6.42 Å². The summed E-state index contributed by atoms with van der Waals surface area (Å²) < 4.78 is 0. The van der Waals surface area contributed by atoms with Crippen LogP contribution in [0.4, 0.5) is 0 Å². The van der Waals surface area contributed by atoms with Gasteiger partial charge in [-0.2, -0.15) is 12.6 Å². The van der Waals surface area contributed by atoms with Crippen molar-refractivity contribution in [2.75, 3.05) is 0 Å². The summed E-state index contributed by atoms with van der Waals surface area (Å²) in [5, 5.41) is 2.98. The highest BCUT2D eigenvalue weighted by Crippen LogP contribution is 2.29. The van der Waals surface area contributed by atoms with Gasteiger partial charge in [0, 0.05) is 5.25 Å². The molecule has 0 saturated carbocycles. The zero-order valence-electron chi connectivity index (χ0n) is 8.27. The van der Waals surface area contributed by atoms with Gasteiger partial charge >= 0.3 is 0 Å². The van der Waals surface area contributed by atoms with Crippen LogP contribution >= 0.6 is 12.6 Å². The summed E-state index contributed by atoms with van der Waals surface area (Å²) in [6.45, 7) is 2.17. The van der Waals surface area contributed by atoms with E-state index in [-0.39, 0.29) is 0 Å². The first-order valence-electron chi connectivity index (χ1n) is 4.98. The molecule has 1 atom stereocenters. The molecule has 0 saturated heterocycles. The Hall–Kier alpha value is -0.950. The Morgan fingerprint density at radius 3 is 2.57 bits per heavy atom. The van der Waals surface area contributed by atoms with Crippen LogP contribution < -0.4 is 0 Å². The van der Waals surface area contributed by atoms with Gasteiger partial charge in [0.25, 0.3) is 0 Å². The lowest BCUT2D eigenvalue weighted by Crippen LogP contribution is -1.89. The zero-order valence-corrected chi connectivity index (χ0v) is 9.17. The lowest BCUT2D eigenvalue weighted by molar-refractivity contribution is 0.910. The molecule has 0 aromatic heterocycles. The number of rotatable bonds is 2. The first-order valence-corrected chi connectivity index (χ1v) is 5.50. The maximum atomic E-state index is 4.60. The maximum Gasteiger partial charge on any atom is 0.0270 e. The fourth-order valence-electron chi connectivity index (χ4n) is 1.76. The van der Waals surface area contributed by atoms with Gasteiger partial charge in [0.2, 0.25) is 0 Å². The molecule has 0 spiro atoms. The number of hydrogen-bond donors (Lipinski definition) is 1. The predicted molar refractivity (Wildman–Crippen MR) is 66.0 cm³/mol. The van der Waals surface area contributed by atoms with Crippen LogP contribution in [0.25, 0.3) is 10.8 Å². The average molecular weight is 202 g/mol. The highest BCUT2D eigenvalue weighted by Gasteiger charge is 2.06. The Morgan fingerprint density at radius 2 is 1.79 bits per heavy atom. The van der Waals surface area contributed by atoms with Crippen molar-refractivity contribution in [3.05, 3.63) is 48.0 Å². The smallest absolute Gasteiger partial charge is 0.0270 e. The number of benzene rings is 2. The normalized spacial score (nSPS) is 13.0. The molecule has 14 heavy (non-hydrogen) atoms. The van der Waals surface area contributed by atoms with Crippen molar-refractivity contribution in [1.82, 2.24) is 0 Å². The Labute approximate surface area is 90.4 Å². The van der Waals surface area contributed by atoms with Crippen LogP contribution in [0.1, 0.15) is 24.2 Å². The lowest BCUT2D eigenvalue weighted by Gasteiger charge is -2.11. The summed E-state index contributed by atoms with van der Waals surface area (Å²) in [6.07, 6.45) is 1.07. The van der Waals surface area contributed by atoms with Crippen LogP contribution in [-0.4, -0.2) is 0 Å². The van der Waals surface area contributed by atoms with Crippen LogP contribution in [0.5, 0.6) is 0 Å². The van der Waals surface area contributed by atoms with E-state index in [1.807, 2.05) is 0 Å². The largest absolute Gasteiger partial charge is 0.171 e. The fourth-order valence-corrected chi connectivity index (χ4v) is 1.99. The van der Waals surface area contributed by atoms with Crippen LogP contribution in [0.2, 0.25) is 0 Å². The van der Waals surface area contributed by atoms with Crippen LogP contribution in [0.15, 0.2) is 42.5 Å². The van der Waals surface area contributed by atoms with Gasteiger partial charge in [0.1, 0.15) is 0 Å². The van der Waals surface area contributed by atoms with Gasteiger partial charge in [-0.1, -0.05) is 49.4 Å². The van der Waals surface area contributed by atoms with Gasteiger partial charge in [0.15, 0.2) is 0 Å². The first kappa shape index (κ1) is 9.60. The van der Waals surface area contributed by atoms with Crippen molar-refractivity contribution in [3.8, 4) is 0 Å². The molecule has 0 nitrogen and oxygen atoms in total. The van der Waals surface area contributed by atoms with Gasteiger partial charge in [0.05, 0.1) is 0 Å². The number of hydrogen-bond acceptors (Lipinski definition) is 1. The Kier molecular flexibility index (Phi) is 2.78. The van der Waals surface area contributed by atoms with Gasteiger partial charge in [-0.25, -0.2) is 0 Å². The van der Waals surface area contributed by atoms with Gasteiger partial charge in [-0.3, -0.25) is 0 Å². The average Bonchev–Trinajstić information content (AvgIpc) is 2.27. The van der Waals surface area contributed by atoms with E-state index in [1.165, 1.54) is 16.3 Å². The van der Waals surface area contributed by atoms with Gasteiger partial charge in [-0.05, 0) is 22.8 Å². The Balaban J connectivity index is 2.65. The van der Waals surface area contributed by atoms with Crippen molar-refractivity contribution < 1.29 is 0 Å². The predicted octanol–water partition coefficient (Wildman–Crippen LogP) is 4.22. The second kappa shape index (κ2) is 4.05. The zero-order chi connectivity index (χ0) is 9.97. The van der Waals surface area contributed by atoms with E-state index < -0.39 is 0 Å². The molecule has 0 aliphatic carbocycles. The maximum absolute atomic E-state index is 4.60. The minimum absolute atomic E-state index is 0.348. The third-order valence-corrected chi connectivity index (χ3v) is 3.21. The fraction of sp³-hybridized carbons (Fsp3) is 0.231. The minimum Gasteiger partial charge on any atom is -0.171 e. The Morgan fingerprint density at radius 1 is 1.07 bits per heavy atom. The summed E-state index contributed by atoms with van der Waals surface area (Å²) in [6, 6.07) is 14.9. The van der Waals surface area contributed by atoms with Crippen molar-refractivity contribution in [2.24, 2.45) is 0 Å². The minimum atomic E-state index is 0.348. The Bertz CT molecular complexity index is 429. The van der Waals surface area contributed by atoms with Gasteiger partial charge < -0.3 is 0 Å². The van der Waals surface area contributed by atoms with Crippen LogP contribution in [-0.2, 0) is 0 Å². The quantitative estimate of drug-likeness (QED) is 0.692. The molecule has 1 unspecified atom stereocenters. The summed E-state index contributed by atoms with van der Waals surface area (Å²) >= 11 is 4.60. The molecule has 0 aliphatic rings. The lowest BCUT2D eigenvalue weighted by atomic mass is 10.0. The molecule has 0 heterocycles. The topological polar surface area (TPSA) is 0 Å². The van der Waals surface area contributed by atoms with Crippen LogP contribution in [0, 0.1) is 0 Å². The SMILES string of the molecule is CCC(S)c1cccc2ccccc12. The van der Waals surface area contributed by atoms with E-state index in [9.17, 15) is 0 Å². The second-order valence-corrected chi connectivity index (χ2v) is 4.12. The van der Waals surface area contributed by atoms with Crippen molar-refractivity contribution in [2.45, 2.75) is 18.6 Å². The van der Waals surface area contributed by atoms with E-state index in [1.54, 1.807) is 0 Å². The molecule has 1 heteroatoms. The molecule has 2 rings (SSSR count). The van der Waals surface area contributed by atoms with Crippen LogP contribution in [0.3, 0.4) is 0 Å². The summed E-state index contributed by atoms with van der Waals surface area (Å²) in [5.74, 6) is 0. The molecule has 0 amide bonds. The van der Waals surface area contributed by atoms with Crippen molar-refractivity contribution in [3.63, 3.8) is 0 Å². The highest BCUT2D eigenvalue weighted by molar-refractivity contribution is 7.80. The third-order valence-electron chi connectivity index (χ3n) is 2.57. The van der Waals surface area contributed by atoms with E-state index in [4.69, 9.17) is 0 Å². The molecule has 0 radical (unpaired) electrons. The molecule has 2 aromatic carbocycles. The van der Waals surface area contributed by atoms with Gasteiger partial charge in [-0.15, -0.1) is 0 Å². The monoisotopic (exact) mass is 202 g/mol. The second-order valence-electron chi connectivity index (χ2n) is 3.49. The summed E-state index contributed by atoms with van der Waals surface area (Å²) in [5.41, 5.74) is 1.34. The summed E-state index contributed by atoms with van der Waals surface area (Å²) in [7, 11) is 0. The van der Waals surface area contributed by atoms with E-state index in [0.29, 0.717) is 5.25 Å². The standard InChI is InChI=1S/C13H14S/c1-2-13(14)12-9-5-7-10-6-3-4-8-11(10)12/h3-9,13-14H,2H2,1H3. The number of fused-ring (bicyclic) bond motifs is 1. The molecule has 0 bridgehead atoms. The summed E-state index contributed by atoms with van der Waals surface area (Å²) in [4.78, 5) is 0. The van der Waals surface area contributed by atoms with Crippen molar-refractivity contribution in [1.29, 1.82) is 0 Å². The first-order chi connectivity index (χ1) is 6.83. The number of thiol groups is 1. The molecular formula is C13H14S. The van der Waals surface area contributed by atoms with E-state index in [2.05, 4.69) is 62.0 Å². The third kappa shape index (κ3) is 1.64. The molecule has 0 N–H and O–H groups in total. The van der Waals surface area contributed by atoms with E-state index >= 15 is 0 Å². The molecule has 0 aliphatic heterocycles. The molecule has 2 aromatic rings. The molecule has 0 fully saturated rings. The molecular weight excluding hydrogens is 188 g/mol.